The topological polar surface area (TPSA) is 96.6 Å². The van der Waals surface area contributed by atoms with Crippen molar-refractivity contribution < 1.29 is 37.1 Å². The zero-order chi connectivity index (χ0) is 20.7. The molecule has 2 heterocycles. The van der Waals surface area contributed by atoms with Gasteiger partial charge in [-0.1, -0.05) is 6.07 Å². The zero-order valence-electron chi connectivity index (χ0n) is 13.8. The summed E-state index contributed by atoms with van der Waals surface area (Å²) in [5, 5.41) is 9.23. The van der Waals surface area contributed by atoms with E-state index in [2.05, 4.69) is 21.4 Å². The second-order valence-electron chi connectivity index (χ2n) is 5.88. The smallest absolute Gasteiger partial charge is 0.416 e. The largest absolute Gasteiger partial charge is 0.477 e. The Hall–Kier alpha value is -2.92. The van der Waals surface area contributed by atoms with Crippen LogP contribution in [0.25, 0.3) is 6.08 Å². The van der Waals surface area contributed by atoms with E-state index < -0.39 is 46.2 Å². The summed E-state index contributed by atoms with van der Waals surface area (Å²) in [5.74, 6) is -3.31. The standard InChI is InChI=1S/C17H10BrF3N2O5/c18-10-5-12(28-8-10)6-13-15(26)22-23(16(13)27,7-14(24)25)11-3-1-2-9(4-11)17(19,20)21/h1-6,8H,7H2,(H-,22,24,25,26)/p+1. The van der Waals surface area contributed by atoms with Crippen molar-refractivity contribution in [1.82, 2.24) is 10.0 Å². The molecule has 2 amide bonds. The third kappa shape index (κ3) is 3.58. The highest BCUT2D eigenvalue weighted by Gasteiger charge is 2.54. The van der Waals surface area contributed by atoms with Gasteiger partial charge in [-0.15, -0.1) is 4.59 Å². The Bertz CT molecular complexity index is 1010. The molecule has 1 aromatic carbocycles. The maximum atomic E-state index is 13.1. The number of hydrogen-bond donors (Lipinski definition) is 2. The molecular weight excluding hydrogens is 449 g/mol. The normalized spacial score (nSPS) is 21.2. The monoisotopic (exact) mass is 459 g/mol. The molecule has 1 aliphatic rings. The van der Waals surface area contributed by atoms with Crippen molar-refractivity contribution in [2.24, 2.45) is 0 Å². The van der Waals surface area contributed by atoms with Gasteiger partial charge in [-0.3, -0.25) is 4.79 Å². The van der Waals surface area contributed by atoms with Gasteiger partial charge in [0.05, 0.1) is 10.0 Å². The van der Waals surface area contributed by atoms with Crippen LogP contribution in [0.15, 0.2) is 51.1 Å². The number of nitrogens with one attached hydrogen (secondary N) is 1. The second-order valence-corrected chi connectivity index (χ2v) is 6.80. The van der Waals surface area contributed by atoms with Gasteiger partial charge in [0.25, 0.3) is 0 Å². The van der Waals surface area contributed by atoms with Gasteiger partial charge in [0.1, 0.15) is 12.0 Å². The molecule has 0 saturated carbocycles. The Morgan fingerprint density at radius 3 is 2.57 bits per heavy atom. The van der Waals surface area contributed by atoms with Gasteiger partial charge in [0.2, 0.25) is 6.54 Å². The Balaban J connectivity index is 2.13. The van der Waals surface area contributed by atoms with Crippen LogP contribution in [0.1, 0.15) is 11.3 Å². The molecule has 3 rings (SSSR count). The average molecular weight is 460 g/mol. The number of carboxylic acid groups (broad SMARTS) is 1. The van der Waals surface area contributed by atoms with Crippen LogP contribution < -0.4 is 10.0 Å². The lowest BCUT2D eigenvalue weighted by atomic mass is 10.1. The molecule has 1 saturated heterocycles. The van der Waals surface area contributed by atoms with Crippen molar-refractivity contribution in [3.8, 4) is 0 Å². The first-order chi connectivity index (χ1) is 13.0. The molecular formula is C17H11BrF3N2O5+. The van der Waals surface area contributed by atoms with E-state index in [9.17, 15) is 32.7 Å². The summed E-state index contributed by atoms with van der Waals surface area (Å²) in [6, 6.07) is 5.05. The van der Waals surface area contributed by atoms with Crippen LogP contribution in [0, 0.1) is 0 Å². The van der Waals surface area contributed by atoms with Gasteiger partial charge in [-0.05, 0) is 28.1 Å². The maximum absolute atomic E-state index is 13.1. The molecule has 1 aliphatic heterocycles. The number of hydrogen-bond acceptors (Lipinski definition) is 4. The number of alkyl halides is 3. The van der Waals surface area contributed by atoms with Crippen molar-refractivity contribution in [1.29, 1.82) is 0 Å². The predicted molar refractivity (Wildman–Crippen MR) is 93.3 cm³/mol. The minimum atomic E-state index is -4.71. The summed E-state index contributed by atoms with van der Waals surface area (Å²) in [6.07, 6.45) is -2.32. The van der Waals surface area contributed by atoms with Crippen LogP contribution in [0.3, 0.4) is 0 Å². The average Bonchev–Trinajstić information content (AvgIpc) is 3.11. The number of halogens is 4. The van der Waals surface area contributed by atoms with Crippen LogP contribution in [-0.4, -0.2) is 29.4 Å². The van der Waals surface area contributed by atoms with E-state index in [0.29, 0.717) is 10.5 Å². The third-order valence-electron chi connectivity index (χ3n) is 3.98. The molecule has 7 nitrogen and oxygen atoms in total. The van der Waals surface area contributed by atoms with Crippen LogP contribution in [0.2, 0.25) is 0 Å². The fourth-order valence-electron chi connectivity index (χ4n) is 2.77. The van der Waals surface area contributed by atoms with Gasteiger partial charge >= 0.3 is 24.0 Å². The SMILES string of the molecule is O=C(O)C[N+]1(c2cccc(C(F)(F)F)c2)NC(=O)C(=Cc2cc(Br)co2)C1=O. The third-order valence-corrected chi connectivity index (χ3v) is 4.39. The first-order valence-electron chi connectivity index (χ1n) is 7.64. The van der Waals surface area contributed by atoms with Crippen LogP contribution >= 0.6 is 15.9 Å². The van der Waals surface area contributed by atoms with E-state index >= 15 is 0 Å². The second kappa shape index (κ2) is 6.91. The summed E-state index contributed by atoms with van der Waals surface area (Å²) < 4.78 is 43.5. The van der Waals surface area contributed by atoms with E-state index in [1.54, 1.807) is 0 Å². The number of rotatable bonds is 4. The fourth-order valence-corrected chi connectivity index (χ4v) is 3.09. The lowest BCUT2D eigenvalue weighted by Crippen LogP contribution is -2.61. The van der Waals surface area contributed by atoms with Crippen LogP contribution in [0.5, 0.6) is 0 Å². The highest BCUT2D eigenvalue weighted by atomic mass is 79.9. The molecule has 0 aliphatic carbocycles. The van der Waals surface area contributed by atoms with E-state index in [4.69, 9.17) is 4.42 Å². The molecule has 2 N–H and O–H groups in total. The summed E-state index contributed by atoms with van der Waals surface area (Å²) >= 11 is 3.13. The van der Waals surface area contributed by atoms with E-state index in [0.717, 1.165) is 24.3 Å². The van der Waals surface area contributed by atoms with E-state index in [1.807, 2.05) is 0 Å². The molecule has 0 bridgehead atoms. The molecule has 146 valence electrons. The van der Waals surface area contributed by atoms with Gasteiger partial charge in [-0.2, -0.15) is 18.6 Å². The number of quaternary nitrogens is 1. The van der Waals surface area contributed by atoms with Gasteiger partial charge in [0.15, 0.2) is 11.3 Å². The molecule has 0 radical (unpaired) electrons. The highest BCUT2D eigenvalue weighted by molar-refractivity contribution is 9.10. The summed E-state index contributed by atoms with van der Waals surface area (Å²) in [4.78, 5) is 36.7. The number of benzene rings is 1. The highest BCUT2D eigenvalue weighted by Crippen LogP contribution is 2.35. The van der Waals surface area contributed by atoms with Crippen molar-refractivity contribution in [3.05, 3.63) is 58.0 Å². The number of carbonyl (C=O) groups excluding carboxylic acids is 2. The number of aliphatic carboxylic acids is 1. The van der Waals surface area contributed by atoms with Gasteiger partial charge < -0.3 is 9.52 Å². The minimum absolute atomic E-state index is 0.129. The Morgan fingerprint density at radius 1 is 1.29 bits per heavy atom. The molecule has 1 aromatic heterocycles. The van der Waals surface area contributed by atoms with Crippen molar-refractivity contribution in [3.63, 3.8) is 0 Å². The number of furan rings is 1. The molecule has 1 unspecified atom stereocenters. The molecule has 28 heavy (non-hydrogen) atoms. The molecule has 2 aromatic rings. The fraction of sp³-hybridized carbons (Fsp3) is 0.118. The number of carboxylic acids is 1. The summed E-state index contributed by atoms with van der Waals surface area (Å²) in [5.41, 5.74) is 0.341. The Labute approximate surface area is 163 Å². The van der Waals surface area contributed by atoms with Crippen molar-refractivity contribution in [2.75, 3.05) is 6.54 Å². The lowest BCUT2D eigenvalue weighted by molar-refractivity contribution is -0.143. The number of nitrogens with zero attached hydrogens (tertiary/aromatic N) is 1. The minimum Gasteiger partial charge on any atom is -0.477 e. The van der Waals surface area contributed by atoms with Gasteiger partial charge in [-0.25, -0.2) is 9.59 Å². The van der Waals surface area contributed by atoms with E-state index in [1.165, 1.54) is 12.3 Å². The molecule has 11 heteroatoms. The first-order valence-corrected chi connectivity index (χ1v) is 8.43. The van der Waals surface area contributed by atoms with Crippen LogP contribution in [0.4, 0.5) is 18.9 Å². The molecule has 0 spiro atoms. The quantitative estimate of drug-likeness (QED) is 0.416. The zero-order valence-corrected chi connectivity index (χ0v) is 15.4. The number of amides is 2. The summed E-state index contributed by atoms with van der Waals surface area (Å²) in [7, 11) is 0. The molecule has 1 atom stereocenters. The van der Waals surface area contributed by atoms with E-state index in [-0.39, 0.29) is 11.4 Å². The van der Waals surface area contributed by atoms with Crippen LogP contribution in [-0.2, 0) is 20.6 Å². The Kier molecular flexibility index (Phi) is 4.90. The predicted octanol–water partition coefficient (Wildman–Crippen LogP) is 3.11. The molecule has 1 fully saturated rings. The Morgan fingerprint density at radius 2 is 2.00 bits per heavy atom. The van der Waals surface area contributed by atoms with Gasteiger partial charge in [0, 0.05) is 18.2 Å². The lowest BCUT2D eigenvalue weighted by Gasteiger charge is -2.27. The van der Waals surface area contributed by atoms with Crippen molar-refractivity contribution >= 4 is 45.5 Å². The summed E-state index contributed by atoms with van der Waals surface area (Å²) in [6.45, 7) is -0.981. The van der Waals surface area contributed by atoms with Crippen molar-refractivity contribution in [2.45, 2.75) is 6.18 Å². The first kappa shape index (κ1) is 19.8. The maximum Gasteiger partial charge on any atom is 0.416 e. The number of carbonyl (C=O) groups is 3.